The van der Waals surface area contributed by atoms with E-state index in [-0.39, 0.29) is 11.8 Å². The largest absolute Gasteiger partial charge is 0.405 e. The third kappa shape index (κ3) is 5.33. The highest BCUT2D eigenvalue weighted by Gasteiger charge is 2.27. The van der Waals surface area contributed by atoms with Crippen LogP contribution >= 0.6 is 0 Å². The van der Waals surface area contributed by atoms with Crippen molar-refractivity contribution >= 4 is 28.5 Å². The number of likely N-dealkylation sites (N-methyl/N-ethyl adjacent to an activating group) is 1. The molecule has 0 atom stereocenters. The third-order valence-electron chi connectivity index (χ3n) is 3.93. The molecular formula is C18H21F3N6. The lowest BCUT2D eigenvalue weighted by Crippen LogP contribution is -2.22. The predicted molar refractivity (Wildman–Crippen MR) is 100 cm³/mol. The molecule has 9 heteroatoms. The molecule has 0 aliphatic heterocycles. The number of anilines is 3. The summed E-state index contributed by atoms with van der Waals surface area (Å²) in [5.74, 6) is 0.347. The van der Waals surface area contributed by atoms with Gasteiger partial charge in [-0.2, -0.15) is 23.1 Å². The fourth-order valence-corrected chi connectivity index (χ4v) is 2.55. The highest BCUT2D eigenvalue weighted by atomic mass is 19.4. The number of H-pyrrole nitrogens is 1. The number of hydrogen-bond acceptors (Lipinski definition) is 5. The Bertz CT molecular complexity index is 886. The van der Waals surface area contributed by atoms with Crippen LogP contribution in [0.4, 0.5) is 30.6 Å². The van der Waals surface area contributed by atoms with Gasteiger partial charge in [0.15, 0.2) is 0 Å². The molecule has 0 aliphatic rings. The van der Waals surface area contributed by atoms with E-state index in [1.165, 1.54) is 5.56 Å². The first kappa shape index (κ1) is 19.0. The number of aromatic nitrogens is 3. The van der Waals surface area contributed by atoms with E-state index in [4.69, 9.17) is 0 Å². The highest BCUT2D eigenvalue weighted by molar-refractivity contribution is 5.88. The molecule has 6 nitrogen and oxygen atoms in total. The Balaban J connectivity index is 1.76. The Morgan fingerprint density at radius 1 is 1.07 bits per heavy atom. The van der Waals surface area contributed by atoms with Crippen LogP contribution in [-0.4, -0.2) is 53.2 Å². The van der Waals surface area contributed by atoms with E-state index in [0.29, 0.717) is 11.0 Å². The Hall–Kier alpha value is -2.81. The maximum absolute atomic E-state index is 12.5. The summed E-state index contributed by atoms with van der Waals surface area (Å²) in [4.78, 5) is 13.5. The molecule has 2 heterocycles. The minimum atomic E-state index is -4.33. The molecule has 0 saturated carbocycles. The zero-order valence-corrected chi connectivity index (χ0v) is 15.1. The summed E-state index contributed by atoms with van der Waals surface area (Å²) in [7, 11) is 4.04. The summed E-state index contributed by atoms with van der Waals surface area (Å²) in [6.45, 7) is -0.210. The monoisotopic (exact) mass is 378 g/mol. The standard InChI is InChI=1S/C18H21F3N6/c1-27(2)10-8-12-3-5-13(6-4-12)24-17-25-15-14(7-9-22-15)16(26-17)23-11-18(19,20)21/h3-7,9H,8,10-11H2,1-2H3,(H3,22,23,24,25,26). The van der Waals surface area contributed by atoms with Crippen molar-refractivity contribution in [1.82, 2.24) is 19.9 Å². The summed E-state index contributed by atoms with van der Waals surface area (Å²) in [6, 6.07) is 9.44. The fraction of sp³-hybridized carbons (Fsp3) is 0.333. The Morgan fingerprint density at radius 2 is 1.81 bits per heavy atom. The molecular weight excluding hydrogens is 357 g/mol. The van der Waals surface area contributed by atoms with E-state index in [1.54, 1.807) is 12.3 Å². The molecule has 27 heavy (non-hydrogen) atoms. The third-order valence-corrected chi connectivity index (χ3v) is 3.93. The Kier molecular flexibility index (Phi) is 5.50. The molecule has 3 N–H and O–H groups in total. The first-order valence-electron chi connectivity index (χ1n) is 8.46. The van der Waals surface area contributed by atoms with Gasteiger partial charge in [0, 0.05) is 18.4 Å². The summed E-state index contributed by atoms with van der Waals surface area (Å²) in [5, 5.41) is 5.88. The van der Waals surface area contributed by atoms with E-state index >= 15 is 0 Å². The molecule has 3 aromatic rings. The van der Waals surface area contributed by atoms with Gasteiger partial charge in [-0.25, -0.2) is 0 Å². The van der Waals surface area contributed by atoms with Crippen molar-refractivity contribution in [3.05, 3.63) is 42.1 Å². The number of aromatic amines is 1. The summed E-state index contributed by atoms with van der Waals surface area (Å²) in [6.07, 6.45) is -1.78. The van der Waals surface area contributed by atoms with Crippen LogP contribution in [0.3, 0.4) is 0 Å². The van der Waals surface area contributed by atoms with Crippen LogP contribution < -0.4 is 10.6 Å². The SMILES string of the molecule is CN(C)CCc1ccc(Nc2nc(NCC(F)(F)F)c3cc[nH]c3n2)cc1. The summed E-state index contributed by atoms with van der Waals surface area (Å²) < 4.78 is 37.6. The number of halogens is 3. The average Bonchev–Trinajstić information content (AvgIpc) is 3.07. The highest BCUT2D eigenvalue weighted by Crippen LogP contribution is 2.24. The zero-order chi connectivity index (χ0) is 19.4. The van der Waals surface area contributed by atoms with Gasteiger partial charge < -0.3 is 20.5 Å². The first-order valence-corrected chi connectivity index (χ1v) is 8.46. The number of benzene rings is 1. The van der Waals surface area contributed by atoms with Crippen LogP contribution in [-0.2, 0) is 6.42 Å². The van der Waals surface area contributed by atoms with Crippen LogP contribution in [0.2, 0.25) is 0 Å². The van der Waals surface area contributed by atoms with Crippen LogP contribution in [0, 0.1) is 0 Å². The number of nitrogens with one attached hydrogen (secondary N) is 3. The molecule has 0 spiro atoms. The quantitative estimate of drug-likeness (QED) is 0.584. The maximum Gasteiger partial charge on any atom is 0.405 e. The number of rotatable bonds is 7. The van der Waals surface area contributed by atoms with E-state index in [1.807, 2.05) is 38.4 Å². The Labute approximate surface area is 154 Å². The minimum Gasteiger partial charge on any atom is -0.360 e. The van der Waals surface area contributed by atoms with E-state index < -0.39 is 12.7 Å². The molecule has 0 fully saturated rings. The second kappa shape index (κ2) is 7.83. The van der Waals surface area contributed by atoms with Crippen LogP contribution in [0.5, 0.6) is 0 Å². The lowest BCUT2D eigenvalue weighted by atomic mass is 10.1. The number of nitrogens with zero attached hydrogens (tertiary/aromatic N) is 3. The molecule has 0 radical (unpaired) electrons. The zero-order valence-electron chi connectivity index (χ0n) is 15.1. The van der Waals surface area contributed by atoms with Gasteiger partial charge in [0.1, 0.15) is 18.0 Å². The minimum absolute atomic E-state index is 0.128. The van der Waals surface area contributed by atoms with Gasteiger partial charge in [0.05, 0.1) is 5.39 Å². The van der Waals surface area contributed by atoms with Gasteiger partial charge in [0.2, 0.25) is 5.95 Å². The van der Waals surface area contributed by atoms with Crippen molar-refractivity contribution in [3.8, 4) is 0 Å². The number of alkyl halides is 3. The van der Waals surface area contributed by atoms with Crippen molar-refractivity contribution in [1.29, 1.82) is 0 Å². The molecule has 3 rings (SSSR count). The average molecular weight is 378 g/mol. The second-order valence-corrected chi connectivity index (χ2v) is 6.48. The van der Waals surface area contributed by atoms with Gasteiger partial charge >= 0.3 is 6.18 Å². The maximum atomic E-state index is 12.5. The predicted octanol–water partition coefficient (Wildman–Crippen LogP) is 3.78. The normalized spacial score (nSPS) is 11.9. The van der Waals surface area contributed by atoms with Crippen molar-refractivity contribution < 1.29 is 13.2 Å². The van der Waals surface area contributed by atoms with Gasteiger partial charge in [-0.05, 0) is 44.3 Å². The molecule has 2 aromatic heterocycles. The van der Waals surface area contributed by atoms with Gasteiger partial charge in [-0.3, -0.25) is 0 Å². The van der Waals surface area contributed by atoms with Crippen LogP contribution in [0.1, 0.15) is 5.56 Å². The Morgan fingerprint density at radius 3 is 2.48 bits per heavy atom. The smallest absolute Gasteiger partial charge is 0.360 e. The molecule has 0 unspecified atom stereocenters. The lowest BCUT2D eigenvalue weighted by molar-refractivity contribution is -0.115. The van der Waals surface area contributed by atoms with E-state index in [9.17, 15) is 13.2 Å². The van der Waals surface area contributed by atoms with Crippen molar-refractivity contribution in [2.75, 3.05) is 37.8 Å². The van der Waals surface area contributed by atoms with Crippen LogP contribution in [0.15, 0.2) is 36.5 Å². The van der Waals surface area contributed by atoms with Crippen molar-refractivity contribution in [3.63, 3.8) is 0 Å². The fourth-order valence-electron chi connectivity index (χ4n) is 2.55. The molecule has 0 saturated heterocycles. The van der Waals surface area contributed by atoms with E-state index in [0.717, 1.165) is 18.7 Å². The first-order chi connectivity index (χ1) is 12.8. The van der Waals surface area contributed by atoms with Crippen molar-refractivity contribution in [2.45, 2.75) is 12.6 Å². The van der Waals surface area contributed by atoms with Gasteiger partial charge in [-0.1, -0.05) is 12.1 Å². The van der Waals surface area contributed by atoms with Crippen LogP contribution in [0.25, 0.3) is 11.0 Å². The van der Waals surface area contributed by atoms with E-state index in [2.05, 4.69) is 30.5 Å². The number of fused-ring (bicyclic) bond motifs is 1. The number of hydrogen-bond donors (Lipinski definition) is 3. The molecule has 1 aromatic carbocycles. The molecule has 0 bridgehead atoms. The van der Waals surface area contributed by atoms with Gasteiger partial charge in [0.25, 0.3) is 0 Å². The summed E-state index contributed by atoms with van der Waals surface area (Å²) >= 11 is 0. The summed E-state index contributed by atoms with van der Waals surface area (Å²) in [5.41, 5.74) is 2.42. The topological polar surface area (TPSA) is 68.9 Å². The van der Waals surface area contributed by atoms with Gasteiger partial charge in [-0.15, -0.1) is 0 Å². The second-order valence-electron chi connectivity index (χ2n) is 6.48. The lowest BCUT2D eigenvalue weighted by Gasteiger charge is -2.12. The molecule has 0 aliphatic carbocycles. The molecule has 144 valence electrons. The van der Waals surface area contributed by atoms with Crippen molar-refractivity contribution in [2.24, 2.45) is 0 Å². The molecule has 0 amide bonds.